The third-order valence-electron chi connectivity index (χ3n) is 3.02. The number of rotatable bonds is 5. The molecule has 0 bridgehead atoms. The molecule has 4 heteroatoms. The summed E-state index contributed by atoms with van der Waals surface area (Å²) in [6.45, 7) is 6.27. The van der Waals surface area contributed by atoms with Crippen LogP contribution in [0.25, 0.3) is 0 Å². The van der Waals surface area contributed by atoms with E-state index in [4.69, 9.17) is 0 Å². The highest BCUT2D eigenvalue weighted by molar-refractivity contribution is 8.01. The molecule has 0 aliphatic heterocycles. The minimum Gasteiger partial charge on any atom is -0.272 e. The summed E-state index contributed by atoms with van der Waals surface area (Å²) in [5, 5.41) is 4.37. The van der Waals surface area contributed by atoms with Crippen molar-refractivity contribution in [1.82, 2.24) is 5.43 Å². The van der Waals surface area contributed by atoms with Crippen molar-refractivity contribution in [3.05, 3.63) is 71.8 Å². The Morgan fingerprint density at radius 2 is 1.43 bits per heavy atom. The molecule has 0 saturated carbocycles. The third-order valence-corrected chi connectivity index (χ3v) is 4.30. The molecule has 2 aromatic carbocycles. The van der Waals surface area contributed by atoms with Gasteiger partial charge in [-0.25, -0.2) is 5.43 Å². The van der Waals surface area contributed by atoms with E-state index in [1.807, 2.05) is 60.7 Å². The van der Waals surface area contributed by atoms with Gasteiger partial charge in [-0.1, -0.05) is 81.4 Å². The van der Waals surface area contributed by atoms with Crippen LogP contribution in [-0.2, 0) is 4.79 Å². The van der Waals surface area contributed by atoms with Crippen molar-refractivity contribution in [2.24, 2.45) is 5.10 Å². The van der Waals surface area contributed by atoms with E-state index in [1.165, 1.54) is 0 Å². The Bertz CT molecular complexity index is 619. The third kappa shape index (κ3) is 5.91. The van der Waals surface area contributed by atoms with Gasteiger partial charge in [-0.2, -0.15) is 5.10 Å². The van der Waals surface area contributed by atoms with Crippen LogP contribution in [0.15, 0.2) is 65.8 Å². The highest BCUT2D eigenvalue weighted by Gasteiger charge is 2.13. The Balaban J connectivity index is 2.17. The van der Waals surface area contributed by atoms with Crippen LogP contribution < -0.4 is 5.43 Å². The Labute approximate surface area is 142 Å². The summed E-state index contributed by atoms with van der Waals surface area (Å²) in [7, 11) is 0. The van der Waals surface area contributed by atoms with Gasteiger partial charge in [-0.3, -0.25) is 4.79 Å². The Hall–Kier alpha value is -2.07. The zero-order valence-electron chi connectivity index (χ0n) is 13.7. The molecule has 0 heterocycles. The lowest BCUT2D eigenvalue weighted by Crippen LogP contribution is -2.24. The molecule has 0 aliphatic rings. The monoisotopic (exact) mass is 326 g/mol. The lowest BCUT2D eigenvalue weighted by molar-refractivity contribution is -0.118. The van der Waals surface area contributed by atoms with Crippen LogP contribution in [0.3, 0.4) is 0 Å². The molecule has 0 atom stereocenters. The van der Waals surface area contributed by atoms with Crippen molar-refractivity contribution < 1.29 is 4.79 Å². The maximum atomic E-state index is 12.0. The predicted octanol–water partition coefficient (Wildman–Crippen LogP) is 4.09. The van der Waals surface area contributed by atoms with E-state index in [9.17, 15) is 4.79 Å². The van der Waals surface area contributed by atoms with Crippen LogP contribution >= 0.6 is 11.8 Å². The summed E-state index contributed by atoms with van der Waals surface area (Å²) in [5.41, 5.74) is 5.39. The molecule has 0 aliphatic carbocycles. The zero-order chi connectivity index (χ0) is 16.7. The fraction of sp³-hybridized carbons (Fsp3) is 0.263. The summed E-state index contributed by atoms with van der Waals surface area (Å²) in [4.78, 5) is 12.0. The summed E-state index contributed by atoms with van der Waals surface area (Å²) in [6, 6.07) is 19.7. The fourth-order valence-electron chi connectivity index (χ4n) is 1.92. The molecule has 0 spiro atoms. The van der Waals surface area contributed by atoms with Crippen LogP contribution in [0.4, 0.5) is 0 Å². The predicted molar refractivity (Wildman–Crippen MR) is 98.9 cm³/mol. The van der Waals surface area contributed by atoms with Crippen molar-refractivity contribution in [2.75, 3.05) is 5.75 Å². The van der Waals surface area contributed by atoms with Crippen LogP contribution in [0.1, 0.15) is 31.9 Å². The maximum Gasteiger partial charge on any atom is 0.250 e. The second kappa shape index (κ2) is 7.97. The number of carbonyl (C=O) groups excluding carboxylic acids is 1. The fourth-order valence-corrected chi connectivity index (χ4v) is 2.55. The molecule has 2 rings (SSSR count). The lowest BCUT2D eigenvalue weighted by Gasteiger charge is -2.16. The van der Waals surface area contributed by atoms with Crippen molar-refractivity contribution in [3.63, 3.8) is 0 Å². The number of thioether (sulfide) groups is 1. The molecular weight excluding hydrogens is 304 g/mol. The van der Waals surface area contributed by atoms with Gasteiger partial charge in [0.1, 0.15) is 0 Å². The minimum atomic E-state index is -0.0886. The van der Waals surface area contributed by atoms with Crippen molar-refractivity contribution in [1.29, 1.82) is 0 Å². The average molecular weight is 326 g/mol. The van der Waals surface area contributed by atoms with Gasteiger partial charge in [-0.15, -0.1) is 11.8 Å². The molecule has 0 radical (unpaired) electrons. The smallest absolute Gasteiger partial charge is 0.250 e. The Morgan fingerprint density at radius 1 is 0.957 bits per heavy atom. The van der Waals surface area contributed by atoms with Gasteiger partial charge in [0, 0.05) is 15.9 Å². The first kappa shape index (κ1) is 17.3. The van der Waals surface area contributed by atoms with E-state index in [1.54, 1.807) is 11.8 Å². The number of benzene rings is 2. The largest absolute Gasteiger partial charge is 0.272 e. The topological polar surface area (TPSA) is 41.5 Å². The number of nitrogens with one attached hydrogen (secondary N) is 1. The Morgan fingerprint density at radius 3 is 1.87 bits per heavy atom. The molecule has 1 N–H and O–H groups in total. The van der Waals surface area contributed by atoms with Gasteiger partial charge < -0.3 is 0 Å². The van der Waals surface area contributed by atoms with Crippen LogP contribution in [-0.4, -0.2) is 22.1 Å². The first-order valence-electron chi connectivity index (χ1n) is 7.57. The first-order valence-corrected chi connectivity index (χ1v) is 8.55. The maximum absolute atomic E-state index is 12.0. The van der Waals surface area contributed by atoms with E-state index in [0.717, 1.165) is 16.8 Å². The van der Waals surface area contributed by atoms with Crippen molar-refractivity contribution in [3.8, 4) is 0 Å². The van der Waals surface area contributed by atoms with Crippen molar-refractivity contribution >= 4 is 23.4 Å². The second-order valence-electron chi connectivity index (χ2n) is 6.13. The van der Waals surface area contributed by atoms with E-state index in [0.29, 0.717) is 5.75 Å². The molecule has 0 saturated heterocycles. The standard InChI is InChI=1S/C19H22N2OS/c1-19(2,3)23-14-17(22)20-21-18(15-10-6-4-7-11-15)16-12-8-5-9-13-16/h4-13H,14H2,1-3H3,(H,20,22). The molecule has 0 aromatic heterocycles. The lowest BCUT2D eigenvalue weighted by atomic mass is 10.0. The van der Waals surface area contributed by atoms with Gasteiger partial charge >= 0.3 is 0 Å². The van der Waals surface area contributed by atoms with Gasteiger partial charge in [0.15, 0.2) is 0 Å². The summed E-state index contributed by atoms with van der Waals surface area (Å²) in [5.74, 6) is 0.304. The van der Waals surface area contributed by atoms with Gasteiger partial charge in [-0.05, 0) is 0 Å². The number of carbonyl (C=O) groups is 1. The SMILES string of the molecule is CC(C)(C)SCC(=O)NN=C(c1ccccc1)c1ccccc1. The molecule has 1 amide bonds. The van der Waals surface area contributed by atoms with E-state index < -0.39 is 0 Å². The van der Waals surface area contributed by atoms with Crippen LogP contribution in [0.2, 0.25) is 0 Å². The molecule has 2 aromatic rings. The van der Waals surface area contributed by atoms with E-state index >= 15 is 0 Å². The Kier molecular flexibility index (Phi) is 5.99. The van der Waals surface area contributed by atoms with Crippen molar-refractivity contribution in [2.45, 2.75) is 25.5 Å². The highest BCUT2D eigenvalue weighted by atomic mass is 32.2. The van der Waals surface area contributed by atoms with Crippen LogP contribution in [0, 0.1) is 0 Å². The van der Waals surface area contributed by atoms with Crippen LogP contribution in [0.5, 0.6) is 0 Å². The van der Waals surface area contributed by atoms with E-state index in [2.05, 4.69) is 31.3 Å². The number of amides is 1. The first-order chi connectivity index (χ1) is 11.0. The summed E-state index contributed by atoms with van der Waals surface area (Å²) < 4.78 is 0.0583. The van der Waals surface area contributed by atoms with E-state index in [-0.39, 0.29) is 10.7 Å². The summed E-state index contributed by atoms with van der Waals surface area (Å²) >= 11 is 1.60. The normalized spacial score (nSPS) is 10.9. The number of nitrogens with zero attached hydrogens (tertiary/aromatic N) is 1. The van der Waals surface area contributed by atoms with Gasteiger partial charge in [0.2, 0.25) is 5.91 Å². The molecule has 23 heavy (non-hydrogen) atoms. The molecular formula is C19H22N2OS. The average Bonchev–Trinajstić information content (AvgIpc) is 2.54. The second-order valence-corrected chi connectivity index (χ2v) is 7.93. The minimum absolute atomic E-state index is 0.0583. The number of hydrogen-bond acceptors (Lipinski definition) is 3. The molecule has 0 unspecified atom stereocenters. The quantitative estimate of drug-likeness (QED) is 0.664. The number of hydrogen-bond donors (Lipinski definition) is 1. The van der Waals surface area contributed by atoms with Gasteiger partial charge in [0.25, 0.3) is 0 Å². The van der Waals surface area contributed by atoms with Gasteiger partial charge in [0.05, 0.1) is 11.5 Å². The highest BCUT2D eigenvalue weighted by Crippen LogP contribution is 2.22. The molecule has 3 nitrogen and oxygen atoms in total. The molecule has 120 valence electrons. The number of hydrazone groups is 1. The zero-order valence-corrected chi connectivity index (χ0v) is 14.6. The summed E-state index contributed by atoms with van der Waals surface area (Å²) in [6.07, 6.45) is 0. The molecule has 0 fully saturated rings.